The van der Waals surface area contributed by atoms with Gasteiger partial charge in [0.1, 0.15) is 0 Å². The summed E-state index contributed by atoms with van der Waals surface area (Å²) in [5.74, 6) is 0.691. The van der Waals surface area contributed by atoms with Crippen molar-refractivity contribution in [2.24, 2.45) is 10.1 Å². The third-order valence-corrected chi connectivity index (χ3v) is 4.74. The van der Waals surface area contributed by atoms with Gasteiger partial charge in [-0.3, -0.25) is 4.99 Å². The van der Waals surface area contributed by atoms with Crippen LogP contribution in [0, 0.1) is 0 Å². The predicted molar refractivity (Wildman–Crippen MR) is 101 cm³/mol. The number of nitrogens with two attached hydrogens (primary N) is 1. The first-order valence-corrected chi connectivity index (χ1v) is 9.61. The van der Waals surface area contributed by atoms with Gasteiger partial charge in [0.2, 0.25) is 10.0 Å². The number of aliphatic imine (C=N–C) groups is 1. The van der Waals surface area contributed by atoms with Crippen molar-refractivity contribution in [3.05, 3.63) is 64.7 Å². The minimum Gasteiger partial charge on any atom is -0.356 e. The lowest BCUT2D eigenvalue weighted by Gasteiger charge is -2.12. The van der Waals surface area contributed by atoms with Crippen LogP contribution in [0.1, 0.15) is 11.1 Å². The molecule has 0 aliphatic rings. The molecule has 0 heterocycles. The molecule has 0 bridgehead atoms. The third kappa shape index (κ3) is 6.38. The number of halogens is 1. The fraction of sp³-hybridized carbons (Fsp3) is 0.235. The van der Waals surface area contributed by atoms with Crippen molar-refractivity contribution in [3.8, 4) is 0 Å². The second-order valence-electron chi connectivity index (χ2n) is 5.42. The lowest BCUT2D eigenvalue weighted by atomic mass is 10.1. The molecule has 0 spiro atoms. The van der Waals surface area contributed by atoms with Crippen LogP contribution in [0.5, 0.6) is 0 Å². The number of benzene rings is 2. The first-order chi connectivity index (χ1) is 11.9. The topological polar surface area (TPSA) is 96.6 Å². The zero-order valence-electron chi connectivity index (χ0n) is 13.9. The van der Waals surface area contributed by atoms with E-state index in [0.717, 1.165) is 17.5 Å². The second kappa shape index (κ2) is 8.84. The highest BCUT2D eigenvalue weighted by atomic mass is 35.5. The Morgan fingerprint density at radius 1 is 1.04 bits per heavy atom. The Kier molecular flexibility index (Phi) is 6.81. The summed E-state index contributed by atoms with van der Waals surface area (Å²) in [6.45, 7) is 1.30. The third-order valence-electron chi connectivity index (χ3n) is 3.55. The Morgan fingerprint density at radius 2 is 1.64 bits per heavy atom. The molecule has 4 N–H and O–H groups in total. The van der Waals surface area contributed by atoms with E-state index in [1.807, 2.05) is 24.3 Å². The molecule has 0 radical (unpaired) electrons. The summed E-state index contributed by atoms with van der Waals surface area (Å²) in [4.78, 5) is 4.29. The maximum Gasteiger partial charge on any atom is 0.238 e. The Hall–Kier alpha value is -2.09. The monoisotopic (exact) mass is 380 g/mol. The minimum atomic E-state index is -3.65. The van der Waals surface area contributed by atoms with Crippen molar-refractivity contribution in [1.82, 2.24) is 10.6 Å². The van der Waals surface area contributed by atoms with Gasteiger partial charge < -0.3 is 10.6 Å². The van der Waals surface area contributed by atoms with E-state index in [4.69, 9.17) is 16.7 Å². The molecule has 2 aromatic carbocycles. The fourth-order valence-electron chi connectivity index (χ4n) is 2.18. The average molecular weight is 381 g/mol. The Labute approximate surface area is 153 Å². The zero-order valence-corrected chi connectivity index (χ0v) is 15.4. The van der Waals surface area contributed by atoms with Crippen LogP contribution in [0.25, 0.3) is 0 Å². The molecular weight excluding hydrogens is 360 g/mol. The van der Waals surface area contributed by atoms with Crippen LogP contribution < -0.4 is 15.8 Å². The van der Waals surface area contributed by atoms with Crippen molar-refractivity contribution in [2.45, 2.75) is 17.9 Å². The summed E-state index contributed by atoms with van der Waals surface area (Å²) in [6.07, 6.45) is 0.729. The van der Waals surface area contributed by atoms with E-state index >= 15 is 0 Å². The molecule has 0 saturated carbocycles. The number of sulfonamides is 1. The number of nitrogens with one attached hydrogen (secondary N) is 2. The van der Waals surface area contributed by atoms with Gasteiger partial charge in [0.05, 0.1) is 4.90 Å². The highest BCUT2D eigenvalue weighted by Crippen LogP contribution is 2.10. The van der Waals surface area contributed by atoms with E-state index in [1.165, 1.54) is 12.1 Å². The number of nitrogens with zero attached hydrogens (tertiary/aromatic N) is 1. The maximum atomic E-state index is 11.2. The number of hydrogen-bond donors (Lipinski definition) is 3. The van der Waals surface area contributed by atoms with Crippen molar-refractivity contribution >= 4 is 27.6 Å². The number of rotatable bonds is 6. The van der Waals surface area contributed by atoms with Crippen LogP contribution in [-0.2, 0) is 23.0 Å². The molecule has 0 aromatic heterocycles. The van der Waals surface area contributed by atoms with Gasteiger partial charge in [-0.2, -0.15) is 0 Å². The molecule has 2 aromatic rings. The molecule has 0 fully saturated rings. The molecule has 0 atom stereocenters. The van der Waals surface area contributed by atoms with E-state index in [1.54, 1.807) is 19.2 Å². The quantitative estimate of drug-likeness (QED) is 0.526. The lowest BCUT2D eigenvalue weighted by Crippen LogP contribution is -2.37. The summed E-state index contributed by atoms with van der Waals surface area (Å²) in [7, 11) is -1.94. The molecule has 0 unspecified atom stereocenters. The molecule has 134 valence electrons. The van der Waals surface area contributed by atoms with E-state index in [0.29, 0.717) is 24.1 Å². The minimum absolute atomic E-state index is 0.115. The van der Waals surface area contributed by atoms with Gasteiger partial charge >= 0.3 is 0 Å². The summed E-state index contributed by atoms with van der Waals surface area (Å²) in [5, 5.41) is 12.2. The van der Waals surface area contributed by atoms with Crippen LogP contribution >= 0.6 is 11.6 Å². The first-order valence-electron chi connectivity index (χ1n) is 7.69. The van der Waals surface area contributed by atoms with Gasteiger partial charge in [-0.25, -0.2) is 13.6 Å². The summed E-state index contributed by atoms with van der Waals surface area (Å²) in [5.41, 5.74) is 2.11. The Bertz CT molecular complexity index is 819. The smallest absolute Gasteiger partial charge is 0.238 e. The molecule has 0 saturated heterocycles. The van der Waals surface area contributed by atoms with Crippen LogP contribution in [0.4, 0.5) is 0 Å². The zero-order chi connectivity index (χ0) is 18.3. The van der Waals surface area contributed by atoms with Gasteiger partial charge in [-0.05, 0) is 41.8 Å². The Balaban J connectivity index is 1.80. The number of hydrogen-bond acceptors (Lipinski definition) is 3. The van der Waals surface area contributed by atoms with Crippen molar-refractivity contribution < 1.29 is 8.42 Å². The van der Waals surface area contributed by atoms with Crippen LogP contribution in [-0.4, -0.2) is 28.0 Å². The van der Waals surface area contributed by atoms with Gasteiger partial charge in [0.15, 0.2) is 5.96 Å². The van der Waals surface area contributed by atoms with Crippen LogP contribution in [0.3, 0.4) is 0 Å². The first kappa shape index (κ1) is 19.2. The highest BCUT2D eigenvalue weighted by molar-refractivity contribution is 7.89. The molecule has 0 amide bonds. The molecule has 6 nitrogen and oxygen atoms in total. The maximum absolute atomic E-state index is 11.2. The fourth-order valence-corrected chi connectivity index (χ4v) is 2.82. The van der Waals surface area contributed by atoms with Gasteiger partial charge in [0, 0.05) is 25.2 Å². The summed E-state index contributed by atoms with van der Waals surface area (Å²) >= 11 is 5.87. The van der Waals surface area contributed by atoms with Crippen LogP contribution in [0.15, 0.2) is 58.4 Å². The normalized spacial score (nSPS) is 12.0. The van der Waals surface area contributed by atoms with E-state index in [-0.39, 0.29) is 4.90 Å². The highest BCUT2D eigenvalue weighted by Gasteiger charge is 2.06. The largest absolute Gasteiger partial charge is 0.356 e. The van der Waals surface area contributed by atoms with Crippen molar-refractivity contribution in [1.29, 1.82) is 0 Å². The molecule has 8 heteroatoms. The predicted octanol–water partition coefficient (Wildman–Crippen LogP) is 1.90. The Morgan fingerprint density at radius 3 is 2.20 bits per heavy atom. The van der Waals surface area contributed by atoms with E-state index < -0.39 is 10.0 Å². The van der Waals surface area contributed by atoms with Crippen molar-refractivity contribution in [2.75, 3.05) is 13.6 Å². The van der Waals surface area contributed by atoms with Gasteiger partial charge in [-0.1, -0.05) is 35.9 Å². The molecule has 25 heavy (non-hydrogen) atoms. The van der Waals surface area contributed by atoms with Gasteiger partial charge in [0.25, 0.3) is 0 Å². The van der Waals surface area contributed by atoms with Crippen LogP contribution in [0.2, 0.25) is 5.02 Å². The standard InChI is InChI=1S/C17H21ClN4O2S/c1-20-17(22-12-14-2-6-15(18)7-3-14)21-11-10-13-4-8-16(9-5-13)25(19,23)24/h2-9H,10-12H2,1H3,(H2,19,23,24)(H2,20,21,22). The summed E-state index contributed by atoms with van der Waals surface area (Å²) < 4.78 is 22.5. The molecular formula is C17H21ClN4O2S. The number of guanidine groups is 1. The second-order valence-corrected chi connectivity index (χ2v) is 7.42. The van der Waals surface area contributed by atoms with E-state index in [9.17, 15) is 8.42 Å². The van der Waals surface area contributed by atoms with Gasteiger partial charge in [-0.15, -0.1) is 0 Å². The molecule has 0 aliphatic carbocycles. The van der Waals surface area contributed by atoms with Crippen molar-refractivity contribution in [3.63, 3.8) is 0 Å². The SMILES string of the molecule is CN=C(NCCc1ccc(S(N)(=O)=O)cc1)NCc1ccc(Cl)cc1. The average Bonchev–Trinajstić information content (AvgIpc) is 2.59. The summed E-state index contributed by atoms with van der Waals surface area (Å²) in [6, 6.07) is 14.1. The lowest BCUT2D eigenvalue weighted by molar-refractivity contribution is 0.598. The number of primary sulfonamides is 1. The molecule has 0 aliphatic heterocycles. The van der Waals surface area contributed by atoms with E-state index in [2.05, 4.69) is 15.6 Å². The molecule has 2 rings (SSSR count).